The largest absolute Gasteiger partial charge is 0.345 e. The molecule has 0 radical (unpaired) electrons. The van der Waals surface area contributed by atoms with Crippen molar-refractivity contribution in [2.75, 3.05) is 11.4 Å². The van der Waals surface area contributed by atoms with Crippen LogP contribution in [0.25, 0.3) is 22.2 Å². The molecule has 0 unspecified atom stereocenters. The van der Waals surface area contributed by atoms with Gasteiger partial charge in [-0.2, -0.15) is 4.98 Å². The average molecular weight is 398 g/mol. The summed E-state index contributed by atoms with van der Waals surface area (Å²) >= 11 is 0. The summed E-state index contributed by atoms with van der Waals surface area (Å²) in [7, 11) is 0. The molecule has 0 atom stereocenters. The van der Waals surface area contributed by atoms with E-state index in [9.17, 15) is 9.59 Å². The molecule has 30 heavy (non-hydrogen) atoms. The Morgan fingerprint density at radius 1 is 1.10 bits per heavy atom. The Balaban J connectivity index is 1.27. The van der Waals surface area contributed by atoms with Crippen LogP contribution in [-0.4, -0.2) is 28.5 Å². The smallest absolute Gasteiger partial charge is 0.259 e. The Hall–Kier alpha value is -4.00. The third kappa shape index (κ3) is 3.10. The van der Waals surface area contributed by atoms with E-state index in [2.05, 4.69) is 15.5 Å². The van der Waals surface area contributed by atoms with Crippen molar-refractivity contribution in [3.63, 3.8) is 0 Å². The van der Waals surface area contributed by atoms with E-state index >= 15 is 0 Å². The van der Waals surface area contributed by atoms with Crippen LogP contribution in [0.3, 0.4) is 0 Å². The van der Waals surface area contributed by atoms with Gasteiger partial charge in [-0.05, 0) is 30.5 Å². The SMILES string of the molecule is Cc1cccc(-c2noc(CNC(=O)CN3C(=O)c4cccc5cccc3c45)n2)c1. The predicted molar refractivity (Wildman–Crippen MR) is 112 cm³/mol. The van der Waals surface area contributed by atoms with Gasteiger partial charge >= 0.3 is 0 Å². The number of anilines is 1. The molecule has 0 saturated carbocycles. The summed E-state index contributed by atoms with van der Waals surface area (Å²) in [4.78, 5) is 31.1. The summed E-state index contributed by atoms with van der Waals surface area (Å²) in [6.45, 7) is 2.01. The predicted octanol–water partition coefficient (Wildman–Crippen LogP) is 3.47. The Morgan fingerprint density at radius 2 is 1.90 bits per heavy atom. The second kappa shape index (κ2) is 7.11. The number of amides is 2. The molecule has 1 aliphatic rings. The number of carbonyl (C=O) groups is 2. The molecule has 7 nitrogen and oxygen atoms in total. The van der Waals surface area contributed by atoms with Crippen LogP contribution in [0, 0.1) is 6.92 Å². The molecule has 5 rings (SSSR count). The maximum atomic E-state index is 12.8. The fourth-order valence-corrected chi connectivity index (χ4v) is 3.74. The molecule has 7 heteroatoms. The van der Waals surface area contributed by atoms with Gasteiger partial charge in [-0.1, -0.05) is 53.2 Å². The van der Waals surface area contributed by atoms with E-state index in [4.69, 9.17) is 4.52 Å². The number of hydrogen-bond donors (Lipinski definition) is 1. The number of carbonyl (C=O) groups excluding carboxylic acids is 2. The summed E-state index contributed by atoms with van der Waals surface area (Å²) in [6, 6.07) is 19.1. The lowest BCUT2D eigenvalue weighted by molar-refractivity contribution is -0.120. The van der Waals surface area contributed by atoms with E-state index in [0.29, 0.717) is 17.3 Å². The highest BCUT2D eigenvalue weighted by Crippen LogP contribution is 2.36. The third-order valence-electron chi connectivity index (χ3n) is 5.13. The number of nitrogens with zero attached hydrogens (tertiary/aromatic N) is 3. The van der Waals surface area contributed by atoms with Crippen LogP contribution in [0.5, 0.6) is 0 Å². The van der Waals surface area contributed by atoms with Crippen molar-refractivity contribution in [1.29, 1.82) is 0 Å². The van der Waals surface area contributed by atoms with Gasteiger partial charge in [-0.15, -0.1) is 0 Å². The Morgan fingerprint density at radius 3 is 2.73 bits per heavy atom. The fourth-order valence-electron chi connectivity index (χ4n) is 3.74. The number of aromatic nitrogens is 2. The highest BCUT2D eigenvalue weighted by atomic mass is 16.5. The first-order chi connectivity index (χ1) is 14.6. The minimum absolute atomic E-state index is 0.0779. The number of nitrogens with one attached hydrogen (secondary N) is 1. The van der Waals surface area contributed by atoms with Crippen molar-refractivity contribution in [2.24, 2.45) is 0 Å². The summed E-state index contributed by atoms with van der Waals surface area (Å²) in [6.07, 6.45) is 0. The second-order valence-corrected chi connectivity index (χ2v) is 7.23. The molecule has 3 aromatic carbocycles. The van der Waals surface area contributed by atoms with Crippen LogP contribution in [0.4, 0.5) is 5.69 Å². The van der Waals surface area contributed by atoms with Gasteiger partial charge in [-0.25, -0.2) is 0 Å². The van der Waals surface area contributed by atoms with Crippen LogP contribution >= 0.6 is 0 Å². The number of rotatable bonds is 5. The first-order valence-corrected chi connectivity index (χ1v) is 9.60. The molecular weight excluding hydrogens is 380 g/mol. The molecule has 4 aromatic rings. The van der Waals surface area contributed by atoms with E-state index in [1.165, 1.54) is 4.90 Å². The zero-order valence-electron chi connectivity index (χ0n) is 16.3. The normalized spacial score (nSPS) is 12.6. The van der Waals surface area contributed by atoms with Crippen molar-refractivity contribution in [2.45, 2.75) is 13.5 Å². The monoisotopic (exact) mass is 398 g/mol. The summed E-state index contributed by atoms with van der Waals surface area (Å²) < 4.78 is 5.24. The van der Waals surface area contributed by atoms with Crippen molar-refractivity contribution in [1.82, 2.24) is 15.5 Å². The topological polar surface area (TPSA) is 88.3 Å². The molecule has 0 aliphatic carbocycles. The van der Waals surface area contributed by atoms with Gasteiger partial charge in [0.25, 0.3) is 5.91 Å². The number of benzene rings is 3. The summed E-state index contributed by atoms with van der Waals surface area (Å²) in [5.41, 5.74) is 3.32. The Labute approximate surface area is 172 Å². The quantitative estimate of drug-likeness (QED) is 0.556. The van der Waals surface area contributed by atoms with Crippen molar-refractivity contribution in [3.8, 4) is 11.4 Å². The van der Waals surface area contributed by atoms with Gasteiger partial charge in [0.2, 0.25) is 17.6 Å². The maximum absolute atomic E-state index is 12.8. The summed E-state index contributed by atoms with van der Waals surface area (Å²) in [5.74, 6) is 0.303. The van der Waals surface area contributed by atoms with Crippen LogP contribution < -0.4 is 10.2 Å². The van der Waals surface area contributed by atoms with E-state index in [1.54, 1.807) is 6.07 Å². The summed E-state index contributed by atoms with van der Waals surface area (Å²) in [5, 5.41) is 8.59. The molecule has 2 amide bonds. The molecule has 1 aliphatic heterocycles. The molecule has 2 heterocycles. The van der Waals surface area contributed by atoms with Crippen LogP contribution in [0.1, 0.15) is 21.8 Å². The zero-order valence-corrected chi connectivity index (χ0v) is 16.3. The number of hydrogen-bond acceptors (Lipinski definition) is 5. The lowest BCUT2D eigenvalue weighted by atomic mass is 10.1. The maximum Gasteiger partial charge on any atom is 0.259 e. The number of aryl methyl sites for hydroxylation is 1. The van der Waals surface area contributed by atoms with Gasteiger partial charge < -0.3 is 9.84 Å². The van der Waals surface area contributed by atoms with Gasteiger partial charge in [0, 0.05) is 16.5 Å². The first kappa shape index (κ1) is 18.1. The van der Waals surface area contributed by atoms with E-state index in [1.807, 2.05) is 61.5 Å². The third-order valence-corrected chi connectivity index (χ3v) is 5.13. The molecule has 1 N–H and O–H groups in total. The van der Waals surface area contributed by atoms with Gasteiger partial charge in [0.05, 0.1) is 12.2 Å². The standard InChI is InChI=1S/C23H18N4O3/c1-14-5-2-8-16(11-14)22-25-20(30-26-22)12-24-19(28)13-27-18-10-4-7-15-6-3-9-17(21(15)18)23(27)29/h2-11H,12-13H2,1H3,(H,24,28). The average Bonchev–Trinajstić information content (AvgIpc) is 3.33. The lowest BCUT2D eigenvalue weighted by Crippen LogP contribution is -2.38. The highest BCUT2D eigenvalue weighted by molar-refractivity contribution is 6.26. The molecule has 0 saturated heterocycles. The van der Waals surface area contributed by atoms with Gasteiger partial charge in [-0.3, -0.25) is 14.5 Å². The van der Waals surface area contributed by atoms with Crippen LogP contribution in [0.2, 0.25) is 0 Å². The van der Waals surface area contributed by atoms with Crippen LogP contribution in [-0.2, 0) is 11.3 Å². The minimum atomic E-state index is -0.302. The molecule has 1 aromatic heterocycles. The fraction of sp³-hybridized carbons (Fsp3) is 0.130. The minimum Gasteiger partial charge on any atom is -0.345 e. The van der Waals surface area contributed by atoms with E-state index in [-0.39, 0.29) is 24.9 Å². The second-order valence-electron chi connectivity index (χ2n) is 7.23. The lowest BCUT2D eigenvalue weighted by Gasteiger charge is -2.16. The van der Waals surface area contributed by atoms with E-state index < -0.39 is 0 Å². The molecule has 0 fully saturated rings. The van der Waals surface area contributed by atoms with Crippen molar-refractivity contribution < 1.29 is 14.1 Å². The zero-order chi connectivity index (χ0) is 20.7. The molecule has 0 spiro atoms. The Bertz CT molecular complexity index is 1290. The molecule has 148 valence electrons. The van der Waals surface area contributed by atoms with Crippen LogP contribution in [0.15, 0.2) is 65.2 Å². The van der Waals surface area contributed by atoms with Gasteiger partial charge in [0.15, 0.2) is 0 Å². The van der Waals surface area contributed by atoms with Gasteiger partial charge in [0.1, 0.15) is 6.54 Å². The first-order valence-electron chi connectivity index (χ1n) is 9.60. The van der Waals surface area contributed by atoms with E-state index in [0.717, 1.165) is 27.6 Å². The molecule has 0 bridgehead atoms. The highest BCUT2D eigenvalue weighted by Gasteiger charge is 2.30. The Kier molecular flexibility index (Phi) is 4.28. The molecular formula is C23H18N4O3. The van der Waals surface area contributed by atoms with Crippen molar-refractivity contribution >= 4 is 28.3 Å². The van der Waals surface area contributed by atoms with Crippen molar-refractivity contribution in [3.05, 3.63) is 77.7 Å².